The summed E-state index contributed by atoms with van der Waals surface area (Å²) < 4.78 is 18.0. The van der Waals surface area contributed by atoms with Gasteiger partial charge in [-0.05, 0) is 24.9 Å². The molecule has 0 radical (unpaired) electrons. The highest BCUT2D eigenvalue weighted by Gasteiger charge is 2.39. The molecule has 1 aromatic rings. The van der Waals surface area contributed by atoms with E-state index in [-0.39, 0.29) is 25.1 Å². The van der Waals surface area contributed by atoms with Gasteiger partial charge in [-0.15, -0.1) is 12.4 Å². The summed E-state index contributed by atoms with van der Waals surface area (Å²) in [7, 11) is 0. The van der Waals surface area contributed by atoms with E-state index in [4.69, 9.17) is 4.74 Å². The smallest absolute Gasteiger partial charge is 0.306 e. The summed E-state index contributed by atoms with van der Waals surface area (Å²) in [6.45, 7) is 4.65. The molecule has 1 heterocycles. The second kappa shape index (κ2) is 12.3. The van der Waals surface area contributed by atoms with Crippen molar-refractivity contribution in [3.05, 3.63) is 35.9 Å². The first-order valence-corrected chi connectivity index (χ1v) is 9.76. The number of ether oxygens (including phenoxy) is 1. The molecule has 1 fully saturated rings. The Hall–Kier alpha value is -1.13. The Balaban J connectivity index is 0.00000338. The zero-order valence-electron chi connectivity index (χ0n) is 15.9. The summed E-state index contributed by atoms with van der Waals surface area (Å²) in [5.74, 6) is -0.120. The third-order valence-corrected chi connectivity index (χ3v) is 5.17. The molecule has 5 heteroatoms. The Morgan fingerprint density at radius 2 is 1.69 bits per heavy atom. The largest absolute Gasteiger partial charge is 0.454 e. The van der Waals surface area contributed by atoms with Crippen LogP contribution in [-0.4, -0.2) is 37.2 Å². The van der Waals surface area contributed by atoms with Crippen LogP contribution in [0.1, 0.15) is 63.9 Å². The number of likely N-dealkylation sites (tertiary alicyclic amines) is 1. The van der Waals surface area contributed by atoms with E-state index >= 15 is 0 Å². The van der Waals surface area contributed by atoms with Crippen molar-refractivity contribution in [2.75, 3.05) is 26.3 Å². The predicted octanol–water partition coefficient (Wildman–Crippen LogP) is 5.27. The number of carbonyl (C=O) groups is 1. The van der Waals surface area contributed by atoms with E-state index in [0.717, 1.165) is 50.9 Å². The Labute approximate surface area is 163 Å². The highest BCUT2D eigenvalue weighted by Crippen LogP contribution is 2.37. The first-order valence-electron chi connectivity index (χ1n) is 9.76. The SMILES string of the molecule is CCC(=O)OC1(c2ccccc2)CCN(CCCCCCCF)CC1.Cl. The van der Waals surface area contributed by atoms with Crippen LogP contribution in [-0.2, 0) is 15.1 Å². The topological polar surface area (TPSA) is 29.5 Å². The minimum atomic E-state index is -0.466. The summed E-state index contributed by atoms with van der Waals surface area (Å²) in [6, 6.07) is 10.2. The summed E-state index contributed by atoms with van der Waals surface area (Å²) in [4.78, 5) is 14.4. The Morgan fingerprint density at radius 1 is 1.08 bits per heavy atom. The average molecular weight is 386 g/mol. The lowest BCUT2D eigenvalue weighted by Crippen LogP contribution is -2.45. The highest BCUT2D eigenvalue weighted by molar-refractivity contribution is 5.85. The molecule has 0 N–H and O–H groups in total. The number of halogens is 2. The number of nitrogens with zero attached hydrogens (tertiary/aromatic N) is 1. The molecule has 0 aliphatic carbocycles. The number of alkyl halides is 1. The van der Waals surface area contributed by atoms with Gasteiger partial charge in [0, 0.05) is 32.4 Å². The Morgan fingerprint density at radius 3 is 2.31 bits per heavy atom. The standard InChI is InChI=1S/C21H32FNO2.ClH/c1-2-20(24)25-21(19-11-7-6-8-12-19)13-17-23(18-14-21)16-10-5-3-4-9-15-22;/h6-8,11-12H,2-5,9-10,13-18H2,1H3;1H. The zero-order valence-corrected chi connectivity index (χ0v) is 16.7. The molecule has 3 nitrogen and oxygen atoms in total. The van der Waals surface area contributed by atoms with Crippen LogP contribution < -0.4 is 0 Å². The molecule has 0 saturated carbocycles. The maximum absolute atomic E-state index is 12.1. The van der Waals surface area contributed by atoms with Gasteiger partial charge < -0.3 is 9.64 Å². The normalized spacial score (nSPS) is 16.7. The van der Waals surface area contributed by atoms with Gasteiger partial charge in [0.2, 0.25) is 0 Å². The first-order chi connectivity index (χ1) is 12.2. The highest BCUT2D eigenvalue weighted by atomic mass is 35.5. The number of hydrogen-bond donors (Lipinski definition) is 0. The van der Waals surface area contributed by atoms with Crippen LogP contribution in [0, 0.1) is 0 Å². The molecule has 0 spiro atoms. The Bertz CT molecular complexity index is 504. The third-order valence-electron chi connectivity index (χ3n) is 5.17. The Kier molecular flexibility index (Phi) is 10.8. The summed E-state index contributed by atoms with van der Waals surface area (Å²) in [6.07, 6.45) is 7.28. The molecule has 2 rings (SSSR count). The van der Waals surface area contributed by atoms with Crippen molar-refractivity contribution in [3.8, 4) is 0 Å². The van der Waals surface area contributed by atoms with Gasteiger partial charge in [-0.2, -0.15) is 0 Å². The molecular formula is C21H33ClFNO2. The molecule has 1 saturated heterocycles. The molecule has 0 bridgehead atoms. The molecule has 1 aliphatic heterocycles. The predicted molar refractivity (Wildman–Crippen MR) is 106 cm³/mol. The summed E-state index contributed by atoms with van der Waals surface area (Å²) in [5, 5.41) is 0. The molecular weight excluding hydrogens is 353 g/mol. The van der Waals surface area contributed by atoms with Crippen molar-refractivity contribution in [1.29, 1.82) is 0 Å². The van der Waals surface area contributed by atoms with Gasteiger partial charge in [0.25, 0.3) is 0 Å². The number of esters is 1. The lowest BCUT2D eigenvalue weighted by atomic mass is 9.84. The van der Waals surface area contributed by atoms with Crippen molar-refractivity contribution in [2.24, 2.45) is 0 Å². The van der Waals surface area contributed by atoms with Crippen molar-refractivity contribution >= 4 is 18.4 Å². The van der Waals surface area contributed by atoms with Gasteiger partial charge >= 0.3 is 5.97 Å². The van der Waals surface area contributed by atoms with Crippen LogP contribution >= 0.6 is 12.4 Å². The minimum Gasteiger partial charge on any atom is -0.454 e. The quantitative estimate of drug-likeness (QED) is 0.405. The molecule has 26 heavy (non-hydrogen) atoms. The average Bonchev–Trinajstić information content (AvgIpc) is 2.66. The number of rotatable bonds is 10. The maximum atomic E-state index is 12.1. The van der Waals surface area contributed by atoms with Gasteiger partial charge in [0.15, 0.2) is 0 Å². The van der Waals surface area contributed by atoms with E-state index in [2.05, 4.69) is 17.0 Å². The van der Waals surface area contributed by atoms with E-state index in [1.54, 1.807) is 0 Å². The number of unbranched alkanes of at least 4 members (excludes halogenated alkanes) is 4. The van der Waals surface area contributed by atoms with E-state index in [9.17, 15) is 9.18 Å². The van der Waals surface area contributed by atoms with Crippen molar-refractivity contribution in [2.45, 2.75) is 63.9 Å². The number of hydrogen-bond acceptors (Lipinski definition) is 3. The fourth-order valence-corrected chi connectivity index (χ4v) is 3.58. The lowest BCUT2D eigenvalue weighted by molar-refractivity contribution is -0.166. The van der Waals surface area contributed by atoms with Crippen molar-refractivity contribution < 1.29 is 13.9 Å². The minimum absolute atomic E-state index is 0. The molecule has 1 aliphatic rings. The number of benzene rings is 1. The van der Waals surface area contributed by atoms with Crippen LogP contribution in [0.4, 0.5) is 4.39 Å². The number of piperidine rings is 1. The van der Waals surface area contributed by atoms with Crippen molar-refractivity contribution in [3.63, 3.8) is 0 Å². The van der Waals surface area contributed by atoms with Crippen LogP contribution in [0.5, 0.6) is 0 Å². The van der Waals surface area contributed by atoms with Crippen LogP contribution in [0.25, 0.3) is 0 Å². The molecule has 1 aromatic carbocycles. The van der Waals surface area contributed by atoms with Gasteiger partial charge in [-0.3, -0.25) is 9.18 Å². The van der Waals surface area contributed by atoms with Gasteiger partial charge in [0.1, 0.15) is 5.60 Å². The first kappa shape index (κ1) is 22.9. The van der Waals surface area contributed by atoms with Crippen molar-refractivity contribution in [1.82, 2.24) is 4.90 Å². The summed E-state index contributed by atoms with van der Waals surface area (Å²) in [5.41, 5.74) is 0.647. The molecule has 148 valence electrons. The lowest BCUT2D eigenvalue weighted by Gasteiger charge is -2.41. The van der Waals surface area contributed by atoms with Gasteiger partial charge in [-0.1, -0.05) is 56.5 Å². The zero-order chi connectivity index (χ0) is 18.0. The molecule has 0 unspecified atom stereocenters. The van der Waals surface area contributed by atoms with E-state index in [1.807, 2.05) is 25.1 Å². The maximum Gasteiger partial charge on any atom is 0.306 e. The van der Waals surface area contributed by atoms with E-state index in [0.29, 0.717) is 12.8 Å². The second-order valence-electron chi connectivity index (χ2n) is 6.99. The van der Waals surface area contributed by atoms with Crippen LogP contribution in [0.2, 0.25) is 0 Å². The monoisotopic (exact) mass is 385 g/mol. The van der Waals surface area contributed by atoms with Gasteiger partial charge in [-0.25, -0.2) is 0 Å². The van der Waals surface area contributed by atoms with E-state index < -0.39 is 5.60 Å². The van der Waals surface area contributed by atoms with Crippen LogP contribution in [0.15, 0.2) is 30.3 Å². The molecule has 0 atom stereocenters. The molecule has 0 aromatic heterocycles. The van der Waals surface area contributed by atoms with Gasteiger partial charge in [0.05, 0.1) is 6.67 Å². The van der Waals surface area contributed by atoms with E-state index in [1.165, 1.54) is 12.8 Å². The fourth-order valence-electron chi connectivity index (χ4n) is 3.58. The number of carbonyl (C=O) groups excluding carboxylic acids is 1. The second-order valence-corrected chi connectivity index (χ2v) is 6.99. The van der Waals surface area contributed by atoms with Crippen LogP contribution in [0.3, 0.4) is 0 Å². The fraction of sp³-hybridized carbons (Fsp3) is 0.667. The molecule has 0 amide bonds. The summed E-state index contributed by atoms with van der Waals surface area (Å²) >= 11 is 0. The third kappa shape index (κ3) is 6.88.